The van der Waals surface area contributed by atoms with E-state index < -0.39 is 5.38 Å². The van der Waals surface area contributed by atoms with Gasteiger partial charge in [-0.1, -0.05) is 19.3 Å². The zero-order valence-corrected chi connectivity index (χ0v) is 12.9. The first kappa shape index (κ1) is 15.1. The first-order chi connectivity index (χ1) is 10.2. The predicted octanol–water partition coefficient (Wildman–Crippen LogP) is 0.0737. The van der Waals surface area contributed by atoms with Crippen LogP contribution in [0.2, 0.25) is 0 Å². The molecule has 2 saturated heterocycles. The van der Waals surface area contributed by atoms with Gasteiger partial charge in [-0.05, 0) is 12.8 Å². The van der Waals surface area contributed by atoms with E-state index in [4.69, 9.17) is 11.6 Å². The summed E-state index contributed by atoms with van der Waals surface area (Å²) in [7, 11) is 0. The number of carbonyl (C=O) groups excluding carboxylic acids is 2. The fourth-order valence-corrected chi connectivity index (χ4v) is 3.97. The summed E-state index contributed by atoms with van der Waals surface area (Å²) in [5, 5.41) is -0.597. The number of alkyl halides is 1. The van der Waals surface area contributed by atoms with Gasteiger partial charge in [-0.2, -0.15) is 0 Å². The van der Waals surface area contributed by atoms with Gasteiger partial charge in [-0.3, -0.25) is 19.9 Å². The van der Waals surface area contributed by atoms with Gasteiger partial charge < -0.3 is 4.90 Å². The summed E-state index contributed by atoms with van der Waals surface area (Å²) in [6, 6.07) is 0.311. The lowest BCUT2D eigenvalue weighted by molar-refractivity contribution is -0.142. The molecule has 3 aliphatic rings. The van der Waals surface area contributed by atoms with Crippen molar-refractivity contribution in [2.45, 2.75) is 49.6 Å². The van der Waals surface area contributed by atoms with Gasteiger partial charge in [0.05, 0.1) is 6.54 Å². The lowest BCUT2D eigenvalue weighted by Gasteiger charge is -2.44. The topological polar surface area (TPSA) is 64.7 Å². The van der Waals surface area contributed by atoms with Crippen LogP contribution in [0.1, 0.15) is 32.1 Å². The van der Waals surface area contributed by atoms with Crippen LogP contribution in [0.15, 0.2) is 0 Å². The van der Waals surface area contributed by atoms with Gasteiger partial charge in [0.1, 0.15) is 5.38 Å². The molecular weight excluding hydrogens is 292 g/mol. The van der Waals surface area contributed by atoms with E-state index in [1.807, 2.05) is 4.90 Å². The molecule has 1 saturated carbocycles. The third kappa shape index (κ3) is 3.17. The molecule has 2 unspecified atom stereocenters. The third-order valence-corrected chi connectivity index (χ3v) is 5.37. The Morgan fingerprint density at radius 2 is 1.86 bits per heavy atom. The first-order valence-corrected chi connectivity index (χ1v) is 8.31. The van der Waals surface area contributed by atoms with E-state index in [0.717, 1.165) is 25.9 Å². The zero-order chi connectivity index (χ0) is 14.8. The number of nitrogens with one attached hydrogen (secondary N) is 2. The van der Waals surface area contributed by atoms with Crippen LogP contribution in [0.5, 0.6) is 0 Å². The molecule has 2 aliphatic heterocycles. The van der Waals surface area contributed by atoms with Crippen LogP contribution in [0.3, 0.4) is 0 Å². The normalized spacial score (nSPS) is 33.1. The van der Waals surface area contributed by atoms with Crippen molar-refractivity contribution >= 4 is 23.4 Å². The number of hydrazine groups is 1. The van der Waals surface area contributed by atoms with E-state index in [-0.39, 0.29) is 17.9 Å². The molecule has 118 valence electrons. The SMILES string of the molecule is O=C1NNCC(N2CCN(C3CCCCC3)C(=O)C2)C1Cl. The molecule has 0 aromatic heterocycles. The van der Waals surface area contributed by atoms with Crippen molar-refractivity contribution in [3.05, 3.63) is 0 Å². The van der Waals surface area contributed by atoms with Crippen LogP contribution in [0, 0.1) is 0 Å². The summed E-state index contributed by atoms with van der Waals surface area (Å²) >= 11 is 6.18. The maximum Gasteiger partial charge on any atom is 0.253 e. The number of amides is 2. The molecule has 7 heteroatoms. The van der Waals surface area contributed by atoms with Crippen molar-refractivity contribution < 1.29 is 9.59 Å². The molecule has 3 fully saturated rings. The monoisotopic (exact) mass is 314 g/mol. The summed E-state index contributed by atoms with van der Waals surface area (Å²) in [6.07, 6.45) is 6.03. The van der Waals surface area contributed by atoms with E-state index in [0.29, 0.717) is 19.1 Å². The lowest BCUT2D eigenvalue weighted by atomic mass is 9.93. The van der Waals surface area contributed by atoms with Crippen LogP contribution < -0.4 is 10.9 Å². The zero-order valence-electron chi connectivity index (χ0n) is 12.2. The quantitative estimate of drug-likeness (QED) is 0.708. The van der Waals surface area contributed by atoms with Crippen LogP contribution >= 0.6 is 11.6 Å². The van der Waals surface area contributed by atoms with Crippen molar-refractivity contribution in [1.82, 2.24) is 20.7 Å². The molecule has 2 amide bonds. The fourth-order valence-electron chi connectivity index (χ4n) is 3.67. The second-order valence-corrected chi connectivity index (χ2v) is 6.66. The Morgan fingerprint density at radius 1 is 1.10 bits per heavy atom. The van der Waals surface area contributed by atoms with Gasteiger partial charge in [0.25, 0.3) is 5.91 Å². The van der Waals surface area contributed by atoms with Crippen LogP contribution in [0.4, 0.5) is 0 Å². The van der Waals surface area contributed by atoms with Crippen molar-refractivity contribution in [2.75, 3.05) is 26.2 Å². The molecule has 2 N–H and O–H groups in total. The fraction of sp³-hybridized carbons (Fsp3) is 0.857. The average molecular weight is 315 g/mol. The lowest BCUT2D eigenvalue weighted by Crippen LogP contribution is -2.65. The van der Waals surface area contributed by atoms with E-state index in [1.165, 1.54) is 19.3 Å². The predicted molar refractivity (Wildman–Crippen MR) is 79.7 cm³/mol. The van der Waals surface area contributed by atoms with Gasteiger partial charge in [0, 0.05) is 31.7 Å². The Bertz CT molecular complexity index is 414. The maximum absolute atomic E-state index is 12.5. The smallest absolute Gasteiger partial charge is 0.253 e. The van der Waals surface area contributed by atoms with Gasteiger partial charge in [0.2, 0.25) is 5.91 Å². The Labute approximate surface area is 130 Å². The summed E-state index contributed by atoms with van der Waals surface area (Å²) in [5.74, 6) is -0.0296. The average Bonchev–Trinajstić information content (AvgIpc) is 2.51. The molecule has 2 atom stereocenters. The number of piperazine rings is 1. The standard InChI is InChI=1S/C14H23ClN4O2/c15-13-11(8-16-17-14(13)21)18-6-7-19(12(20)9-18)10-4-2-1-3-5-10/h10-11,13,16H,1-9H2,(H,17,21). The Hall–Kier alpha value is -0.850. The number of hydrogen-bond acceptors (Lipinski definition) is 4. The highest BCUT2D eigenvalue weighted by molar-refractivity contribution is 6.31. The minimum Gasteiger partial charge on any atom is -0.337 e. The maximum atomic E-state index is 12.5. The number of halogens is 1. The van der Waals surface area contributed by atoms with Crippen LogP contribution in [-0.4, -0.2) is 65.3 Å². The Kier molecular flexibility index (Phi) is 4.66. The second-order valence-electron chi connectivity index (χ2n) is 6.19. The molecule has 0 radical (unpaired) electrons. The highest BCUT2D eigenvalue weighted by Crippen LogP contribution is 2.25. The summed E-state index contributed by atoms with van der Waals surface area (Å²) in [6.45, 7) is 2.51. The van der Waals surface area contributed by atoms with Gasteiger partial charge in [-0.25, -0.2) is 5.43 Å². The minimum atomic E-state index is -0.597. The minimum absolute atomic E-state index is 0.113. The van der Waals surface area contributed by atoms with Gasteiger partial charge >= 0.3 is 0 Å². The molecule has 1 aliphatic carbocycles. The molecule has 21 heavy (non-hydrogen) atoms. The highest BCUT2D eigenvalue weighted by Gasteiger charge is 2.39. The molecule has 0 aromatic rings. The summed E-state index contributed by atoms with van der Waals surface area (Å²) in [5.41, 5.74) is 5.38. The van der Waals surface area contributed by atoms with Crippen LogP contribution in [0.25, 0.3) is 0 Å². The number of hydrogen-bond donors (Lipinski definition) is 2. The van der Waals surface area contributed by atoms with Gasteiger partial charge in [0.15, 0.2) is 0 Å². The van der Waals surface area contributed by atoms with E-state index in [2.05, 4.69) is 15.8 Å². The number of carbonyl (C=O) groups is 2. The summed E-state index contributed by atoms with van der Waals surface area (Å²) in [4.78, 5) is 28.2. The molecular formula is C14H23ClN4O2. The Morgan fingerprint density at radius 3 is 2.57 bits per heavy atom. The highest BCUT2D eigenvalue weighted by atomic mass is 35.5. The molecule has 0 spiro atoms. The van der Waals surface area contributed by atoms with Crippen LogP contribution in [-0.2, 0) is 9.59 Å². The Balaban J connectivity index is 1.59. The van der Waals surface area contributed by atoms with Gasteiger partial charge in [-0.15, -0.1) is 11.6 Å². The van der Waals surface area contributed by atoms with Crippen molar-refractivity contribution in [3.8, 4) is 0 Å². The molecule has 3 rings (SSSR count). The van der Waals surface area contributed by atoms with Crippen molar-refractivity contribution in [2.24, 2.45) is 0 Å². The van der Waals surface area contributed by atoms with E-state index >= 15 is 0 Å². The number of nitrogens with zero attached hydrogens (tertiary/aromatic N) is 2. The van der Waals surface area contributed by atoms with E-state index in [1.54, 1.807) is 0 Å². The van der Waals surface area contributed by atoms with Crippen molar-refractivity contribution in [1.29, 1.82) is 0 Å². The second kappa shape index (κ2) is 6.50. The third-order valence-electron chi connectivity index (χ3n) is 4.88. The number of rotatable bonds is 2. The van der Waals surface area contributed by atoms with Crippen molar-refractivity contribution in [3.63, 3.8) is 0 Å². The molecule has 6 nitrogen and oxygen atoms in total. The largest absolute Gasteiger partial charge is 0.337 e. The summed E-state index contributed by atoms with van der Waals surface area (Å²) < 4.78 is 0. The first-order valence-electron chi connectivity index (χ1n) is 7.87. The molecule has 2 heterocycles. The van der Waals surface area contributed by atoms with E-state index in [9.17, 15) is 9.59 Å². The molecule has 0 aromatic carbocycles. The molecule has 0 bridgehead atoms.